The predicted octanol–water partition coefficient (Wildman–Crippen LogP) is 2.60. The molecule has 4 rings (SSSR count). The van der Waals surface area contributed by atoms with Gasteiger partial charge in [0.25, 0.3) is 11.5 Å². The Bertz CT molecular complexity index is 1240. The number of sulfone groups is 1. The molecule has 0 bridgehead atoms. The van der Waals surface area contributed by atoms with Crippen molar-refractivity contribution in [2.24, 2.45) is 7.05 Å². The predicted molar refractivity (Wildman–Crippen MR) is 121 cm³/mol. The normalized spacial score (nSPS) is 14.6. The van der Waals surface area contributed by atoms with Crippen LogP contribution in [0.5, 0.6) is 0 Å². The summed E-state index contributed by atoms with van der Waals surface area (Å²) in [5, 5.41) is 2.58. The monoisotopic (exact) mass is 447 g/mol. The second kappa shape index (κ2) is 8.23. The highest BCUT2D eigenvalue weighted by Gasteiger charge is 2.30. The lowest BCUT2D eigenvalue weighted by Crippen LogP contribution is -2.49. The number of benzene rings is 1. The van der Waals surface area contributed by atoms with Crippen LogP contribution in [-0.2, 0) is 16.9 Å². The number of hydrogen-bond acceptors (Lipinski definition) is 6. The van der Waals surface area contributed by atoms with E-state index in [9.17, 15) is 18.0 Å². The highest BCUT2D eigenvalue weighted by Crippen LogP contribution is 2.32. The lowest BCUT2D eigenvalue weighted by molar-refractivity contribution is 0.0751. The summed E-state index contributed by atoms with van der Waals surface area (Å²) in [4.78, 5) is 29.7. The minimum Gasteiger partial charge on any atom is -0.366 e. The van der Waals surface area contributed by atoms with Gasteiger partial charge in [-0.2, -0.15) is 0 Å². The molecule has 0 spiro atoms. The molecule has 0 saturated carbocycles. The second-order valence-electron chi connectivity index (χ2n) is 7.09. The Balaban J connectivity index is 0.00000256. The number of thiophene rings is 1. The van der Waals surface area contributed by atoms with Crippen LogP contribution in [0.15, 0.2) is 51.5 Å². The lowest BCUT2D eigenvalue weighted by Gasteiger charge is -2.37. The highest BCUT2D eigenvalue weighted by atomic mass is 32.2. The van der Waals surface area contributed by atoms with Gasteiger partial charge in [0, 0.05) is 44.9 Å². The summed E-state index contributed by atoms with van der Waals surface area (Å²) in [5.74, 6) is -0.0168. The zero-order valence-electron chi connectivity index (χ0n) is 16.2. The van der Waals surface area contributed by atoms with E-state index in [0.717, 1.165) is 6.26 Å². The lowest BCUT2D eigenvalue weighted by atomic mass is 10.1. The van der Waals surface area contributed by atoms with Crippen LogP contribution in [0.2, 0.25) is 0 Å². The van der Waals surface area contributed by atoms with Gasteiger partial charge in [-0.25, -0.2) is 8.42 Å². The third-order valence-electron chi connectivity index (χ3n) is 5.22. The van der Waals surface area contributed by atoms with Crippen molar-refractivity contribution < 1.29 is 13.2 Å². The number of pyridine rings is 1. The van der Waals surface area contributed by atoms with Crippen molar-refractivity contribution >= 4 is 43.7 Å². The second-order valence-corrected chi connectivity index (χ2v) is 9.99. The Kier molecular flexibility index (Phi) is 6.05. The number of para-hydroxylation sites is 1. The Hall–Kier alpha value is -2.65. The molecule has 1 aliphatic rings. The summed E-state index contributed by atoms with van der Waals surface area (Å²) in [6, 6.07) is 10.9. The summed E-state index contributed by atoms with van der Waals surface area (Å²) < 4.78 is 26.5. The molecule has 0 aliphatic carbocycles. The summed E-state index contributed by atoms with van der Waals surface area (Å²) in [5.41, 5.74) is 0.588. The van der Waals surface area contributed by atoms with E-state index in [0.29, 0.717) is 47.6 Å². The molecule has 2 aromatic heterocycles. The van der Waals surface area contributed by atoms with Crippen molar-refractivity contribution in [3.63, 3.8) is 0 Å². The minimum atomic E-state index is -3.75. The Morgan fingerprint density at radius 2 is 1.70 bits per heavy atom. The quantitative estimate of drug-likeness (QED) is 0.617. The summed E-state index contributed by atoms with van der Waals surface area (Å²) in [6.45, 7) is 1.83. The number of carbonyl (C=O) groups excluding carboxylic acids is 1. The molecule has 1 amide bonds. The van der Waals surface area contributed by atoms with Crippen LogP contribution >= 0.6 is 11.3 Å². The molecule has 1 aromatic carbocycles. The van der Waals surface area contributed by atoms with Crippen molar-refractivity contribution in [3.05, 3.63) is 57.0 Å². The molecule has 3 aromatic rings. The molecule has 0 radical (unpaired) electrons. The first-order chi connectivity index (χ1) is 13.8. The molecule has 1 aliphatic heterocycles. The fraction of sp³-hybridized carbons (Fsp3) is 0.333. The average molecular weight is 448 g/mol. The standard InChI is InChI=1S/C20H21N3O4S2.CH4/c1-21-15-7-4-3-6-14(15)17(18(20(21)25)29(2,26)27)22-9-11-23(12-10-22)19(24)16-8-5-13-28-16;/h3-8,13H,9-12H2,1-2H3;1H4. The van der Waals surface area contributed by atoms with Crippen molar-refractivity contribution in [2.45, 2.75) is 12.3 Å². The molecule has 1 saturated heterocycles. The smallest absolute Gasteiger partial charge is 0.271 e. The average Bonchev–Trinajstić information content (AvgIpc) is 3.24. The number of amides is 1. The van der Waals surface area contributed by atoms with Gasteiger partial charge < -0.3 is 14.4 Å². The van der Waals surface area contributed by atoms with Gasteiger partial charge in [-0.15, -0.1) is 11.3 Å². The van der Waals surface area contributed by atoms with Crippen molar-refractivity contribution in [1.29, 1.82) is 0 Å². The van der Waals surface area contributed by atoms with Crippen LogP contribution in [0.4, 0.5) is 5.69 Å². The van der Waals surface area contributed by atoms with Crippen LogP contribution in [0.25, 0.3) is 10.9 Å². The Labute approximate surface area is 180 Å². The van der Waals surface area contributed by atoms with E-state index in [1.54, 1.807) is 18.0 Å². The highest BCUT2D eigenvalue weighted by molar-refractivity contribution is 7.90. The molecule has 160 valence electrons. The number of aryl methyl sites for hydroxylation is 1. The topological polar surface area (TPSA) is 79.7 Å². The molecule has 3 heterocycles. The molecular formula is C21H25N3O4S2. The summed E-state index contributed by atoms with van der Waals surface area (Å²) >= 11 is 1.40. The van der Waals surface area contributed by atoms with Gasteiger partial charge in [0.05, 0.1) is 16.1 Å². The van der Waals surface area contributed by atoms with E-state index in [1.807, 2.05) is 40.6 Å². The first kappa shape index (κ1) is 22.0. The number of carbonyl (C=O) groups is 1. The summed E-state index contributed by atoms with van der Waals surface area (Å²) in [7, 11) is -2.16. The van der Waals surface area contributed by atoms with Gasteiger partial charge in [-0.1, -0.05) is 31.7 Å². The molecule has 9 heteroatoms. The molecule has 0 unspecified atom stereocenters. The van der Waals surface area contributed by atoms with E-state index < -0.39 is 15.4 Å². The number of fused-ring (bicyclic) bond motifs is 1. The molecular weight excluding hydrogens is 422 g/mol. The third kappa shape index (κ3) is 3.75. The maximum atomic E-state index is 12.9. The van der Waals surface area contributed by atoms with Crippen LogP contribution in [0.1, 0.15) is 17.1 Å². The fourth-order valence-electron chi connectivity index (χ4n) is 3.79. The van der Waals surface area contributed by atoms with Crippen LogP contribution in [0.3, 0.4) is 0 Å². The molecule has 0 N–H and O–H groups in total. The van der Waals surface area contributed by atoms with E-state index in [2.05, 4.69) is 0 Å². The molecule has 7 nitrogen and oxygen atoms in total. The van der Waals surface area contributed by atoms with E-state index in [-0.39, 0.29) is 18.2 Å². The van der Waals surface area contributed by atoms with Crippen LogP contribution < -0.4 is 10.5 Å². The van der Waals surface area contributed by atoms with Crippen LogP contribution in [0, 0.1) is 0 Å². The number of piperazine rings is 1. The number of nitrogens with zero attached hydrogens (tertiary/aromatic N) is 3. The fourth-order valence-corrected chi connectivity index (χ4v) is 5.52. The Morgan fingerprint density at radius 3 is 2.30 bits per heavy atom. The van der Waals surface area contributed by atoms with Gasteiger partial charge in [-0.3, -0.25) is 9.59 Å². The van der Waals surface area contributed by atoms with Crippen molar-refractivity contribution in [2.75, 3.05) is 37.3 Å². The van der Waals surface area contributed by atoms with Crippen molar-refractivity contribution in [3.8, 4) is 0 Å². The van der Waals surface area contributed by atoms with E-state index in [4.69, 9.17) is 0 Å². The Morgan fingerprint density at radius 1 is 1.03 bits per heavy atom. The number of aromatic nitrogens is 1. The van der Waals surface area contributed by atoms with Crippen molar-refractivity contribution in [1.82, 2.24) is 9.47 Å². The maximum absolute atomic E-state index is 12.9. The van der Waals surface area contributed by atoms with E-state index >= 15 is 0 Å². The van der Waals surface area contributed by atoms with E-state index in [1.165, 1.54) is 15.9 Å². The zero-order chi connectivity index (χ0) is 20.8. The number of hydrogen-bond donors (Lipinski definition) is 0. The zero-order valence-corrected chi connectivity index (χ0v) is 17.8. The van der Waals surface area contributed by atoms with Gasteiger partial charge in [0.2, 0.25) is 0 Å². The summed E-state index contributed by atoms with van der Waals surface area (Å²) in [6.07, 6.45) is 1.07. The molecule has 30 heavy (non-hydrogen) atoms. The maximum Gasteiger partial charge on any atom is 0.271 e. The minimum absolute atomic E-state index is 0. The van der Waals surface area contributed by atoms with Crippen LogP contribution in [-0.4, -0.2) is 56.2 Å². The number of anilines is 1. The third-order valence-corrected chi connectivity index (χ3v) is 7.19. The first-order valence-corrected chi connectivity index (χ1v) is 12.0. The van der Waals surface area contributed by atoms with Gasteiger partial charge in [-0.05, 0) is 17.5 Å². The van der Waals surface area contributed by atoms with Gasteiger partial charge >= 0.3 is 0 Å². The first-order valence-electron chi connectivity index (χ1n) is 9.18. The number of rotatable bonds is 3. The van der Waals surface area contributed by atoms with Gasteiger partial charge in [0.15, 0.2) is 14.7 Å². The molecule has 1 fully saturated rings. The molecule has 0 atom stereocenters. The largest absolute Gasteiger partial charge is 0.366 e. The van der Waals surface area contributed by atoms with Gasteiger partial charge in [0.1, 0.15) is 0 Å². The SMILES string of the molecule is C.Cn1c(=O)c(S(C)(=O)=O)c(N2CCN(C(=O)c3cccs3)CC2)c2ccccc21.